The summed E-state index contributed by atoms with van der Waals surface area (Å²) in [4.78, 5) is 18.5. The standard InChI is InChI=1S/C40H23N5S.Pt/c1-2-14-39-36(13-1)44-40(46-39)34-23-38-33(22-31(34)29-10-7-18-42-25-29)32-21-26(28-9-6-17-41-24-28)15-16-37(32)45(38)30-11-5-8-27(20-30)35-12-3-4-19-43-35;/h1-19,21-22,24-25H;/q-2;+2. The number of para-hydroxylation sites is 1. The molecule has 0 amide bonds. The van der Waals surface area contributed by atoms with Gasteiger partial charge in [0, 0.05) is 46.2 Å². The number of benzene rings is 4. The van der Waals surface area contributed by atoms with Gasteiger partial charge in [-0.05, 0) is 75.4 Å². The SMILES string of the molecule is [Pt+2].[c-]1c(-c2ccccn2)cccc1-n1c2[c-]c(-c3nc4ccccc4s3)c(-c3cccnc3)cc2c2cc(-c3cccnc3)ccc21. The molecule has 5 nitrogen and oxygen atoms in total. The van der Waals surface area contributed by atoms with Crippen LogP contribution in [0.2, 0.25) is 0 Å². The third-order valence-corrected chi connectivity index (χ3v) is 9.30. The molecule has 5 aromatic heterocycles. The Morgan fingerprint density at radius 2 is 1.47 bits per heavy atom. The van der Waals surface area contributed by atoms with E-state index < -0.39 is 0 Å². The van der Waals surface area contributed by atoms with Gasteiger partial charge in [-0.2, -0.15) is 11.3 Å². The minimum atomic E-state index is 0. The molecule has 0 bridgehead atoms. The number of rotatable bonds is 5. The molecule has 47 heavy (non-hydrogen) atoms. The molecule has 0 atom stereocenters. The summed E-state index contributed by atoms with van der Waals surface area (Å²) in [6.07, 6.45) is 9.24. The topological polar surface area (TPSA) is 56.5 Å². The molecule has 5 heterocycles. The minimum absolute atomic E-state index is 0. The number of aromatic nitrogens is 5. The van der Waals surface area contributed by atoms with Crippen LogP contribution < -0.4 is 0 Å². The van der Waals surface area contributed by atoms with Crippen molar-refractivity contribution >= 4 is 43.4 Å². The zero-order valence-electron chi connectivity index (χ0n) is 24.7. The summed E-state index contributed by atoms with van der Waals surface area (Å²) in [5.41, 5.74) is 10.9. The van der Waals surface area contributed by atoms with Crippen LogP contribution in [0.25, 0.3) is 81.8 Å². The molecular formula is C40H23N5PtS. The number of nitrogens with zero attached hydrogens (tertiary/aromatic N) is 5. The molecule has 0 saturated heterocycles. The molecule has 9 aromatic rings. The van der Waals surface area contributed by atoms with Crippen molar-refractivity contribution in [2.75, 3.05) is 0 Å². The Hall–Kier alpha value is -5.29. The Morgan fingerprint density at radius 1 is 0.638 bits per heavy atom. The summed E-state index contributed by atoms with van der Waals surface area (Å²) < 4.78 is 3.40. The van der Waals surface area contributed by atoms with Gasteiger partial charge in [0.1, 0.15) is 0 Å². The van der Waals surface area contributed by atoms with Crippen LogP contribution in [0.3, 0.4) is 0 Å². The van der Waals surface area contributed by atoms with Crippen molar-refractivity contribution in [1.29, 1.82) is 0 Å². The van der Waals surface area contributed by atoms with Crippen LogP contribution in [0.15, 0.2) is 140 Å². The monoisotopic (exact) mass is 800 g/mol. The molecule has 224 valence electrons. The normalized spacial score (nSPS) is 11.2. The first-order valence-electron chi connectivity index (χ1n) is 15.0. The smallest absolute Gasteiger partial charge is 0.346 e. The first-order valence-corrected chi connectivity index (χ1v) is 15.8. The molecule has 7 heteroatoms. The van der Waals surface area contributed by atoms with Crippen molar-refractivity contribution in [3.05, 3.63) is 152 Å². The average molecular weight is 801 g/mol. The largest absolute Gasteiger partial charge is 2.00 e. The zero-order chi connectivity index (χ0) is 30.5. The van der Waals surface area contributed by atoms with E-state index in [9.17, 15) is 0 Å². The number of pyridine rings is 3. The van der Waals surface area contributed by atoms with Gasteiger partial charge in [0.25, 0.3) is 0 Å². The summed E-state index contributed by atoms with van der Waals surface area (Å²) in [6, 6.07) is 45.0. The first-order chi connectivity index (χ1) is 22.8. The molecule has 9 rings (SSSR count). The predicted molar refractivity (Wildman–Crippen MR) is 187 cm³/mol. The summed E-state index contributed by atoms with van der Waals surface area (Å²) in [5, 5.41) is 3.12. The van der Waals surface area contributed by atoms with E-state index in [0.29, 0.717) is 0 Å². The van der Waals surface area contributed by atoms with E-state index in [0.717, 1.165) is 81.8 Å². The number of thiazole rings is 1. The molecule has 4 aromatic carbocycles. The van der Waals surface area contributed by atoms with Gasteiger partial charge >= 0.3 is 21.1 Å². The fourth-order valence-electron chi connectivity index (χ4n) is 6.11. The second kappa shape index (κ2) is 12.1. The summed E-state index contributed by atoms with van der Waals surface area (Å²) in [7, 11) is 0. The Balaban J connectivity index is 0.00000324. The molecule has 0 spiro atoms. The average Bonchev–Trinajstić information content (AvgIpc) is 3.71. The maximum absolute atomic E-state index is 5.07. The van der Waals surface area contributed by atoms with Crippen LogP contribution >= 0.6 is 11.3 Å². The second-order valence-corrected chi connectivity index (χ2v) is 12.1. The zero-order valence-corrected chi connectivity index (χ0v) is 27.8. The maximum atomic E-state index is 5.07. The van der Waals surface area contributed by atoms with Crippen LogP contribution in [0.5, 0.6) is 0 Å². The fourth-order valence-corrected chi connectivity index (χ4v) is 7.09. The van der Waals surface area contributed by atoms with Crippen molar-refractivity contribution in [2.24, 2.45) is 0 Å². The van der Waals surface area contributed by atoms with Crippen LogP contribution in [0, 0.1) is 12.1 Å². The third kappa shape index (κ3) is 5.16. The molecule has 0 N–H and O–H groups in total. The van der Waals surface area contributed by atoms with E-state index in [1.165, 1.54) is 0 Å². The van der Waals surface area contributed by atoms with Gasteiger partial charge in [-0.1, -0.05) is 59.5 Å². The van der Waals surface area contributed by atoms with E-state index in [2.05, 4.69) is 104 Å². The quantitative estimate of drug-likeness (QED) is 0.163. The number of hydrogen-bond donors (Lipinski definition) is 0. The Morgan fingerprint density at radius 3 is 2.26 bits per heavy atom. The second-order valence-electron chi connectivity index (χ2n) is 11.0. The van der Waals surface area contributed by atoms with E-state index >= 15 is 0 Å². The molecule has 0 unspecified atom stereocenters. The predicted octanol–water partition coefficient (Wildman–Crippen LogP) is 9.84. The van der Waals surface area contributed by atoms with Gasteiger partial charge in [0.2, 0.25) is 0 Å². The number of fused-ring (bicyclic) bond motifs is 4. The molecule has 0 aliphatic rings. The molecule has 0 aliphatic carbocycles. The molecule has 0 saturated carbocycles. The maximum Gasteiger partial charge on any atom is 2.00 e. The van der Waals surface area contributed by atoms with Crippen molar-refractivity contribution in [1.82, 2.24) is 24.5 Å². The molecule has 0 aliphatic heterocycles. The molecule has 0 fully saturated rings. The molecule has 0 radical (unpaired) electrons. The third-order valence-electron chi connectivity index (χ3n) is 8.24. The van der Waals surface area contributed by atoms with E-state index in [1.807, 2.05) is 55.0 Å². The van der Waals surface area contributed by atoms with Crippen molar-refractivity contribution in [2.45, 2.75) is 0 Å². The molecular weight excluding hydrogens is 778 g/mol. The van der Waals surface area contributed by atoms with Crippen molar-refractivity contribution in [3.63, 3.8) is 0 Å². The van der Waals surface area contributed by atoms with Gasteiger partial charge in [-0.15, -0.1) is 47.5 Å². The Kier molecular flexibility index (Phi) is 7.53. The van der Waals surface area contributed by atoms with Gasteiger partial charge in [-0.3, -0.25) is 15.0 Å². The van der Waals surface area contributed by atoms with Crippen LogP contribution in [-0.2, 0) is 21.1 Å². The van der Waals surface area contributed by atoms with Crippen LogP contribution in [0.4, 0.5) is 0 Å². The van der Waals surface area contributed by atoms with E-state index in [4.69, 9.17) is 4.98 Å². The van der Waals surface area contributed by atoms with Gasteiger partial charge in [0.15, 0.2) is 0 Å². The Labute approximate surface area is 289 Å². The van der Waals surface area contributed by atoms with Gasteiger partial charge in [-0.25, -0.2) is 0 Å². The van der Waals surface area contributed by atoms with Crippen molar-refractivity contribution < 1.29 is 21.1 Å². The Bertz CT molecular complexity index is 2490. The van der Waals surface area contributed by atoms with E-state index in [1.54, 1.807) is 23.7 Å². The first kappa shape index (κ1) is 29.1. The fraction of sp³-hybridized carbons (Fsp3) is 0. The number of hydrogen-bond acceptors (Lipinski definition) is 5. The van der Waals surface area contributed by atoms with E-state index in [-0.39, 0.29) is 21.1 Å². The van der Waals surface area contributed by atoms with Gasteiger partial charge in [0.05, 0.1) is 5.52 Å². The summed E-state index contributed by atoms with van der Waals surface area (Å²) in [6.45, 7) is 0. The van der Waals surface area contributed by atoms with Crippen LogP contribution in [0.1, 0.15) is 0 Å². The van der Waals surface area contributed by atoms with Gasteiger partial charge < -0.3 is 9.55 Å². The van der Waals surface area contributed by atoms with Crippen LogP contribution in [-0.4, -0.2) is 24.5 Å². The summed E-state index contributed by atoms with van der Waals surface area (Å²) >= 11 is 1.68. The summed E-state index contributed by atoms with van der Waals surface area (Å²) in [5.74, 6) is 0. The van der Waals surface area contributed by atoms with Crippen molar-refractivity contribution in [3.8, 4) is 49.8 Å². The minimum Gasteiger partial charge on any atom is -0.346 e.